The molecule has 0 aromatic heterocycles. The molecule has 0 aromatic rings. The van der Waals surface area contributed by atoms with Crippen molar-refractivity contribution in [2.45, 2.75) is 12.8 Å². The maximum absolute atomic E-state index is 11.1. The zero-order valence-electron chi connectivity index (χ0n) is 9.90. The zero-order valence-corrected chi connectivity index (χ0v) is 9.90. The first kappa shape index (κ1) is 14.9. The van der Waals surface area contributed by atoms with Crippen molar-refractivity contribution in [1.29, 1.82) is 0 Å². The molecule has 6 heteroatoms. The van der Waals surface area contributed by atoms with Crippen LogP contribution in [-0.2, 0) is 19.1 Å². The number of nitrogens with zero attached hydrogens (tertiary/aromatic N) is 1. The number of esters is 2. The summed E-state index contributed by atoms with van der Waals surface area (Å²) in [5, 5.41) is 0. The fourth-order valence-electron chi connectivity index (χ4n) is 1.19. The van der Waals surface area contributed by atoms with Crippen molar-refractivity contribution in [2.24, 2.45) is 5.73 Å². The lowest BCUT2D eigenvalue weighted by Crippen LogP contribution is -2.36. The van der Waals surface area contributed by atoms with E-state index in [-0.39, 0.29) is 25.0 Å². The molecule has 0 spiro atoms. The Morgan fingerprint density at radius 1 is 1.06 bits per heavy atom. The van der Waals surface area contributed by atoms with Crippen LogP contribution < -0.4 is 5.73 Å². The number of nitrogens with two attached hydrogens (primary N) is 1. The predicted octanol–water partition coefficient (Wildman–Crippen LogP) is -0.627. The summed E-state index contributed by atoms with van der Waals surface area (Å²) in [6.45, 7) is 1.41. The lowest BCUT2D eigenvalue weighted by atomic mass is 10.3. The van der Waals surface area contributed by atoms with Crippen LogP contribution in [0.3, 0.4) is 0 Å². The van der Waals surface area contributed by atoms with E-state index in [4.69, 9.17) is 5.73 Å². The molecule has 0 saturated carbocycles. The van der Waals surface area contributed by atoms with Gasteiger partial charge in [0.25, 0.3) is 0 Å². The second-order valence-electron chi connectivity index (χ2n) is 3.36. The van der Waals surface area contributed by atoms with Gasteiger partial charge in [-0.15, -0.1) is 0 Å². The molecular weight excluding hydrogens is 212 g/mol. The van der Waals surface area contributed by atoms with Crippen LogP contribution in [0.15, 0.2) is 0 Å². The van der Waals surface area contributed by atoms with Gasteiger partial charge in [-0.2, -0.15) is 0 Å². The van der Waals surface area contributed by atoms with Gasteiger partial charge in [-0.05, 0) is 25.9 Å². The SMILES string of the molecule is COC(=O)CN(CCCCN)CC(=O)OC. The molecule has 6 nitrogen and oxygen atoms in total. The molecule has 94 valence electrons. The quantitative estimate of drug-likeness (QED) is 0.443. The molecule has 16 heavy (non-hydrogen) atoms. The van der Waals surface area contributed by atoms with Crippen LogP contribution in [0.4, 0.5) is 0 Å². The van der Waals surface area contributed by atoms with Crippen LogP contribution in [0.1, 0.15) is 12.8 Å². The molecular formula is C10H20N2O4. The van der Waals surface area contributed by atoms with Gasteiger partial charge in [0.15, 0.2) is 0 Å². The zero-order chi connectivity index (χ0) is 12.4. The topological polar surface area (TPSA) is 81.9 Å². The first-order valence-electron chi connectivity index (χ1n) is 5.20. The molecule has 0 unspecified atom stereocenters. The fourth-order valence-corrected chi connectivity index (χ4v) is 1.19. The number of carbonyl (C=O) groups is 2. The molecule has 0 rings (SSSR count). The van der Waals surface area contributed by atoms with E-state index in [0.717, 1.165) is 12.8 Å². The van der Waals surface area contributed by atoms with Crippen LogP contribution in [0.2, 0.25) is 0 Å². The van der Waals surface area contributed by atoms with Gasteiger partial charge in [-0.3, -0.25) is 14.5 Å². The van der Waals surface area contributed by atoms with E-state index in [1.165, 1.54) is 14.2 Å². The highest BCUT2D eigenvalue weighted by Gasteiger charge is 2.14. The summed E-state index contributed by atoms with van der Waals surface area (Å²) in [5.74, 6) is -0.728. The first-order chi connectivity index (χ1) is 7.63. The molecule has 0 fully saturated rings. The summed E-state index contributed by atoms with van der Waals surface area (Å²) in [7, 11) is 2.64. The average Bonchev–Trinajstić information content (AvgIpc) is 2.28. The number of hydrogen-bond donors (Lipinski definition) is 1. The minimum Gasteiger partial charge on any atom is -0.468 e. The Morgan fingerprint density at radius 3 is 1.94 bits per heavy atom. The smallest absolute Gasteiger partial charge is 0.319 e. The average molecular weight is 232 g/mol. The van der Waals surface area contributed by atoms with Crippen molar-refractivity contribution in [1.82, 2.24) is 4.90 Å². The Balaban J connectivity index is 4.04. The number of rotatable bonds is 8. The predicted molar refractivity (Wildman–Crippen MR) is 58.8 cm³/mol. The van der Waals surface area contributed by atoms with E-state index in [2.05, 4.69) is 9.47 Å². The van der Waals surface area contributed by atoms with E-state index in [0.29, 0.717) is 13.1 Å². The summed E-state index contributed by atoms with van der Waals surface area (Å²) >= 11 is 0. The highest BCUT2D eigenvalue weighted by molar-refractivity contribution is 5.74. The van der Waals surface area contributed by atoms with Gasteiger partial charge in [0, 0.05) is 0 Å². The van der Waals surface area contributed by atoms with Gasteiger partial charge in [0.2, 0.25) is 0 Å². The summed E-state index contributed by atoms with van der Waals surface area (Å²) < 4.78 is 9.09. The Kier molecular flexibility index (Phi) is 8.46. The van der Waals surface area contributed by atoms with Crippen molar-refractivity contribution in [3.05, 3.63) is 0 Å². The number of hydrogen-bond acceptors (Lipinski definition) is 6. The molecule has 0 aliphatic rings. The maximum atomic E-state index is 11.1. The highest BCUT2D eigenvalue weighted by Crippen LogP contribution is 1.96. The molecule has 0 atom stereocenters. The Bertz CT molecular complexity index is 203. The summed E-state index contributed by atoms with van der Waals surface area (Å²) in [5.41, 5.74) is 5.37. The van der Waals surface area contributed by atoms with Gasteiger partial charge >= 0.3 is 11.9 Å². The van der Waals surface area contributed by atoms with Gasteiger partial charge < -0.3 is 15.2 Å². The van der Waals surface area contributed by atoms with Crippen molar-refractivity contribution in [3.63, 3.8) is 0 Å². The molecule has 0 bridgehead atoms. The largest absolute Gasteiger partial charge is 0.468 e. The lowest BCUT2D eigenvalue weighted by molar-refractivity contribution is -0.145. The van der Waals surface area contributed by atoms with E-state index in [1.807, 2.05) is 0 Å². The molecule has 0 aromatic carbocycles. The maximum Gasteiger partial charge on any atom is 0.319 e. The van der Waals surface area contributed by atoms with Crippen molar-refractivity contribution < 1.29 is 19.1 Å². The van der Waals surface area contributed by atoms with Crippen molar-refractivity contribution >= 4 is 11.9 Å². The molecule has 0 heterocycles. The highest BCUT2D eigenvalue weighted by atomic mass is 16.5. The van der Waals surface area contributed by atoms with E-state index >= 15 is 0 Å². The Hall–Kier alpha value is -1.14. The summed E-state index contributed by atoms with van der Waals surface area (Å²) in [6, 6.07) is 0. The lowest BCUT2D eigenvalue weighted by Gasteiger charge is -2.19. The molecule has 0 aliphatic carbocycles. The van der Waals surface area contributed by atoms with Crippen LogP contribution >= 0.6 is 0 Å². The standard InChI is InChI=1S/C10H20N2O4/c1-15-9(13)7-12(6-4-3-5-11)8-10(14)16-2/h3-8,11H2,1-2H3. The van der Waals surface area contributed by atoms with Gasteiger partial charge in [0.05, 0.1) is 27.3 Å². The number of ether oxygens (including phenoxy) is 2. The van der Waals surface area contributed by atoms with E-state index < -0.39 is 0 Å². The normalized spacial score (nSPS) is 10.2. The molecule has 0 saturated heterocycles. The Labute approximate surface area is 95.7 Å². The monoisotopic (exact) mass is 232 g/mol. The van der Waals surface area contributed by atoms with E-state index in [9.17, 15) is 9.59 Å². The third-order valence-electron chi connectivity index (χ3n) is 2.09. The van der Waals surface area contributed by atoms with Crippen LogP contribution in [0.25, 0.3) is 0 Å². The molecule has 0 aliphatic heterocycles. The van der Waals surface area contributed by atoms with Crippen LogP contribution in [0, 0.1) is 0 Å². The minimum atomic E-state index is -0.364. The van der Waals surface area contributed by atoms with Crippen molar-refractivity contribution in [3.8, 4) is 0 Å². The molecule has 2 N–H and O–H groups in total. The van der Waals surface area contributed by atoms with Crippen molar-refractivity contribution in [2.75, 3.05) is 40.4 Å². The molecule has 0 radical (unpaired) electrons. The second-order valence-corrected chi connectivity index (χ2v) is 3.36. The molecule has 0 amide bonds. The van der Waals surface area contributed by atoms with Crippen LogP contribution in [0.5, 0.6) is 0 Å². The Morgan fingerprint density at radius 2 is 1.56 bits per heavy atom. The summed E-state index contributed by atoms with van der Waals surface area (Å²) in [6.07, 6.45) is 1.70. The minimum absolute atomic E-state index is 0.0934. The number of unbranched alkanes of at least 4 members (excludes halogenated alkanes) is 1. The third kappa shape index (κ3) is 7.19. The summed E-state index contributed by atoms with van der Waals surface area (Å²) in [4.78, 5) is 23.9. The van der Waals surface area contributed by atoms with Crippen LogP contribution in [-0.4, -0.2) is 57.2 Å². The second kappa shape index (κ2) is 9.11. The number of methoxy groups -OCH3 is 2. The first-order valence-corrected chi connectivity index (χ1v) is 5.20. The van der Waals surface area contributed by atoms with Gasteiger partial charge in [-0.1, -0.05) is 0 Å². The fraction of sp³-hybridized carbons (Fsp3) is 0.800. The third-order valence-corrected chi connectivity index (χ3v) is 2.09. The van der Waals surface area contributed by atoms with Gasteiger partial charge in [0.1, 0.15) is 0 Å². The van der Waals surface area contributed by atoms with E-state index in [1.54, 1.807) is 4.90 Å². The van der Waals surface area contributed by atoms with Gasteiger partial charge in [-0.25, -0.2) is 0 Å². The number of carbonyl (C=O) groups excluding carboxylic acids is 2.